The lowest BCUT2D eigenvalue weighted by Crippen LogP contribution is -2.66. The van der Waals surface area contributed by atoms with Crippen molar-refractivity contribution >= 4 is 5.91 Å². The Kier molecular flexibility index (Phi) is 9.54. The van der Waals surface area contributed by atoms with E-state index in [2.05, 4.69) is 50.6 Å². The molecule has 5 aliphatic rings. The molecule has 5 fully saturated rings. The number of nitrogens with one attached hydrogen (secondary N) is 6. The smallest absolute Gasteiger partial charge is 0.223 e. The van der Waals surface area contributed by atoms with Gasteiger partial charge in [-0.3, -0.25) is 25.6 Å². The molecule has 4 heterocycles. The third kappa shape index (κ3) is 6.98. The number of piperidine rings is 2. The van der Waals surface area contributed by atoms with Crippen molar-refractivity contribution < 1.29 is 9.53 Å². The number of carbonyl (C=O) groups excluding carboxylic acids is 1. The Morgan fingerprint density at radius 1 is 0.944 bits per heavy atom. The zero-order valence-electron chi connectivity index (χ0n) is 22.6. The summed E-state index contributed by atoms with van der Waals surface area (Å²) in [5.41, 5.74) is 0. The fraction of sp³-hybridized carbons (Fsp3) is 0.963. The van der Waals surface area contributed by atoms with E-state index in [1.54, 1.807) is 0 Å². The molecule has 4 aliphatic heterocycles. The maximum Gasteiger partial charge on any atom is 0.223 e. The molecule has 6 N–H and O–H groups in total. The summed E-state index contributed by atoms with van der Waals surface area (Å²) in [5, 5.41) is 22.2. The summed E-state index contributed by atoms with van der Waals surface area (Å²) in [5.74, 6) is 2.46. The number of rotatable bonds is 6. The monoisotopic (exact) mass is 505 g/mol. The minimum absolute atomic E-state index is 0.110. The van der Waals surface area contributed by atoms with Gasteiger partial charge < -0.3 is 20.7 Å². The van der Waals surface area contributed by atoms with E-state index < -0.39 is 0 Å². The number of carbonyl (C=O) groups is 1. The largest absolute Gasteiger partial charge is 0.379 e. The van der Waals surface area contributed by atoms with Crippen LogP contribution in [0.5, 0.6) is 0 Å². The highest BCUT2D eigenvalue weighted by Crippen LogP contribution is 2.27. The number of ether oxygens (including phenoxy) is 1. The van der Waals surface area contributed by atoms with Gasteiger partial charge in [0, 0.05) is 37.1 Å². The number of morpholine rings is 1. The molecule has 0 aromatic carbocycles. The molecule has 5 rings (SSSR count). The van der Waals surface area contributed by atoms with Gasteiger partial charge in [0.15, 0.2) is 0 Å². The van der Waals surface area contributed by atoms with Crippen LogP contribution in [-0.4, -0.2) is 93.9 Å². The van der Waals surface area contributed by atoms with E-state index >= 15 is 0 Å². The van der Waals surface area contributed by atoms with Crippen LogP contribution in [0.2, 0.25) is 0 Å². The van der Waals surface area contributed by atoms with Crippen LogP contribution in [-0.2, 0) is 9.53 Å². The predicted molar refractivity (Wildman–Crippen MR) is 142 cm³/mol. The summed E-state index contributed by atoms with van der Waals surface area (Å²) in [6.45, 7) is 12.5. The van der Waals surface area contributed by atoms with Gasteiger partial charge in [-0.1, -0.05) is 13.8 Å². The first-order valence-electron chi connectivity index (χ1n) is 14.9. The van der Waals surface area contributed by atoms with Crippen LogP contribution in [0, 0.1) is 23.7 Å². The second kappa shape index (κ2) is 12.8. The highest BCUT2D eigenvalue weighted by Gasteiger charge is 2.36. The fourth-order valence-corrected chi connectivity index (χ4v) is 7.24. The standard InChI is InChI=1S/C27H51N7O2/c1-18-13-21(17-28-16-18)23-6-8-30-27(32-23)33-24-15-22(4-3-19(24)2)31-26(35)20-5-7-29-25(14-20)34-9-11-36-12-10-34/h18-25,27-30,32-33H,3-17H2,1-2H3,(H,31,35). The lowest BCUT2D eigenvalue weighted by Gasteiger charge is -2.43. The van der Waals surface area contributed by atoms with E-state index in [1.807, 2.05) is 0 Å². The van der Waals surface area contributed by atoms with Crippen molar-refractivity contribution in [3.63, 3.8) is 0 Å². The fourth-order valence-electron chi connectivity index (χ4n) is 7.24. The van der Waals surface area contributed by atoms with Gasteiger partial charge in [-0.2, -0.15) is 0 Å². The maximum absolute atomic E-state index is 13.3. The molecule has 9 heteroatoms. The van der Waals surface area contributed by atoms with Gasteiger partial charge in [0.1, 0.15) is 6.29 Å². The van der Waals surface area contributed by atoms with Gasteiger partial charge in [0.2, 0.25) is 5.91 Å². The molecule has 9 nitrogen and oxygen atoms in total. The van der Waals surface area contributed by atoms with Crippen LogP contribution >= 0.6 is 0 Å². The molecule has 0 spiro atoms. The van der Waals surface area contributed by atoms with E-state index in [0.29, 0.717) is 30.1 Å². The first kappa shape index (κ1) is 26.8. The van der Waals surface area contributed by atoms with Gasteiger partial charge in [-0.05, 0) is 88.9 Å². The third-order valence-electron chi connectivity index (χ3n) is 9.52. The van der Waals surface area contributed by atoms with Gasteiger partial charge >= 0.3 is 0 Å². The SMILES string of the molecule is CC1CNCC(C2CCNC(NC3CC(NC(=O)C4CCNC(N5CCOCC5)C4)CCC3C)N2)C1. The van der Waals surface area contributed by atoms with Crippen molar-refractivity contribution in [2.75, 3.05) is 52.5 Å². The molecule has 36 heavy (non-hydrogen) atoms. The van der Waals surface area contributed by atoms with E-state index in [-0.39, 0.29) is 24.2 Å². The summed E-state index contributed by atoms with van der Waals surface area (Å²) < 4.78 is 5.51. The van der Waals surface area contributed by atoms with Crippen LogP contribution in [0.25, 0.3) is 0 Å². The summed E-state index contributed by atoms with van der Waals surface area (Å²) in [6, 6.07) is 1.24. The Bertz CT molecular complexity index is 706. The molecule has 0 aromatic heterocycles. The van der Waals surface area contributed by atoms with Gasteiger partial charge in [-0.25, -0.2) is 0 Å². The molecule has 9 atom stereocenters. The van der Waals surface area contributed by atoms with Crippen LogP contribution in [0.3, 0.4) is 0 Å². The molecule has 1 aliphatic carbocycles. The second-order valence-electron chi connectivity index (χ2n) is 12.3. The Hall–Kier alpha value is -0.810. The Balaban J connectivity index is 1.09. The predicted octanol–water partition coefficient (Wildman–Crippen LogP) is 0.388. The van der Waals surface area contributed by atoms with Crippen LogP contribution in [0.1, 0.15) is 58.8 Å². The van der Waals surface area contributed by atoms with Gasteiger partial charge in [0.05, 0.1) is 19.4 Å². The Morgan fingerprint density at radius 2 is 1.78 bits per heavy atom. The minimum Gasteiger partial charge on any atom is -0.379 e. The number of amides is 1. The average Bonchev–Trinajstić information content (AvgIpc) is 2.91. The lowest BCUT2D eigenvalue weighted by molar-refractivity contribution is -0.128. The van der Waals surface area contributed by atoms with Crippen LogP contribution in [0.4, 0.5) is 0 Å². The maximum atomic E-state index is 13.3. The molecule has 9 unspecified atom stereocenters. The zero-order valence-corrected chi connectivity index (χ0v) is 22.6. The normalized spacial score (nSPS) is 43.1. The quantitative estimate of drug-likeness (QED) is 0.308. The molecule has 1 amide bonds. The number of nitrogens with zero attached hydrogens (tertiary/aromatic N) is 1. The van der Waals surface area contributed by atoms with Crippen molar-refractivity contribution in [2.45, 2.75) is 89.4 Å². The molecule has 0 aromatic rings. The summed E-state index contributed by atoms with van der Waals surface area (Å²) in [4.78, 5) is 15.7. The summed E-state index contributed by atoms with van der Waals surface area (Å²) >= 11 is 0. The molecule has 0 radical (unpaired) electrons. The van der Waals surface area contributed by atoms with Crippen LogP contribution in [0.15, 0.2) is 0 Å². The van der Waals surface area contributed by atoms with E-state index in [1.165, 1.54) is 12.8 Å². The second-order valence-corrected chi connectivity index (χ2v) is 12.3. The van der Waals surface area contributed by atoms with Crippen molar-refractivity contribution in [1.29, 1.82) is 0 Å². The Morgan fingerprint density at radius 3 is 2.61 bits per heavy atom. The van der Waals surface area contributed by atoms with E-state index in [0.717, 1.165) is 90.5 Å². The van der Waals surface area contributed by atoms with Crippen molar-refractivity contribution in [3.05, 3.63) is 0 Å². The zero-order chi connectivity index (χ0) is 24.9. The lowest BCUT2D eigenvalue weighted by atomic mass is 9.82. The first-order chi connectivity index (χ1) is 17.5. The Labute approximate surface area is 218 Å². The number of hydrogen-bond acceptors (Lipinski definition) is 8. The third-order valence-corrected chi connectivity index (χ3v) is 9.52. The molecular formula is C27H51N7O2. The van der Waals surface area contributed by atoms with E-state index in [9.17, 15) is 4.79 Å². The van der Waals surface area contributed by atoms with Gasteiger partial charge in [0.25, 0.3) is 0 Å². The summed E-state index contributed by atoms with van der Waals surface area (Å²) in [6.07, 6.45) is 8.06. The minimum atomic E-state index is 0.110. The first-order valence-corrected chi connectivity index (χ1v) is 14.9. The molecule has 0 bridgehead atoms. The molecule has 4 saturated heterocycles. The highest BCUT2D eigenvalue weighted by molar-refractivity contribution is 5.79. The number of hydrogen-bond donors (Lipinski definition) is 6. The van der Waals surface area contributed by atoms with Crippen molar-refractivity contribution in [3.8, 4) is 0 Å². The average molecular weight is 506 g/mol. The topological polar surface area (TPSA) is 102 Å². The molecule has 206 valence electrons. The summed E-state index contributed by atoms with van der Waals surface area (Å²) in [7, 11) is 0. The van der Waals surface area contributed by atoms with Crippen LogP contribution < -0.4 is 31.9 Å². The molecule has 1 saturated carbocycles. The highest BCUT2D eigenvalue weighted by atomic mass is 16.5. The van der Waals surface area contributed by atoms with Gasteiger partial charge in [-0.15, -0.1) is 0 Å². The van der Waals surface area contributed by atoms with Crippen molar-refractivity contribution in [1.82, 2.24) is 36.8 Å². The molecular weight excluding hydrogens is 454 g/mol. The van der Waals surface area contributed by atoms with Crippen molar-refractivity contribution in [2.24, 2.45) is 23.7 Å². The van der Waals surface area contributed by atoms with E-state index in [4.69, 9.17) is 4.74 Å².